The Labute approximate surface area is 109 Å². The summed E-state index contributed by atoms with van der Waals surface area (Å²) in [6.07, 6.45) is -0.101. The third-order valence-electron chi connectivity index (χ3n) is 2.65. The Balaban J connectivity index is 1.99. The molecule has 2 rings (SSSR count). The summed E-state index contributed by atoms with van der Waals surface area (Å²) in [5.74, 6) is 0.116. The van der Waals surface area contributed by atoms with Gasteiger partial charge in [-0.05, 0) is 12.1 Å². The summed E-state index contributed by atoms with van der Waals surface area (Å²) in [5, 5.41) is 11.2. The molecule has 102 valence electrons. The van der Waals surface area contributed by atoms with Gasteiger partial charge in [-0.3, -0.25) is 4.79 Å². The number of carbonyl (C=O) groups excluding carboxylic acids is 1. The van der Waals surface area contributed by atoms with Crippen LogP contribution in [0.1, 0.15) is 6.42 Å². The van der Waals surface area contributed by atoms with Crippen molar-refractivity contribution in [2.45, 2.75) is 6.42 Å². The Kier molecular flexibility index (Phi) is 3.74. The van der Waals surface area contributed by atoms with E-state index >= 15 is 0 Å². The predicted molar refractivity (Wildman–Crippen MR) is 66.5 cm³/mol. The van der Waals surface area contributed by atoms with E-state index in [4.69, 9.17) is 14.6 Å². The topological polar surface area (TPSA) is 88.1 Å². The van der Waals surface area contributed by atoms with Crippen molar-refractivity contribution in [2.75, 3.05) is 25.7 Å². The molecule has 1 aliphatic rings. The fourth-order valence-corrected chi connectivity index (χ4v) is 1.60. The van der Waals surface area contributed by atoms with Crippen LogP contribution >= 0.6 is 0 Å². The minimum absolute atomic E-state index is 0.101. The van der Waals surface area contributed by atoms with E-state index in [1.165, 1.54) is 11.9 Å². The molecule has 0 spiro atoms. The summed E-state index contributed by atoms with van der Waals surface area (Å²) >= 11 is 0. The van der Waals surface area contributed by atoms with Crippen LogP contribution in [0, 0.1) is 0 Å². The van der Waals surface area contributed by atoms with Crippen molar-refractivity contribution in [3.8, 4) is 11.5 Å². The summed E-state index contributed by atoms with van der Waals surface area (Å²) < 4.78 is 10.5. The highest BCUT2D eigenvalue weighted by Crippen LogP contribution is 2.38. The third kappa shape index (κ3) is 3.06. The lowest BCUT2D eigenvalue weighted by Gasteiger charge is -2.17. The van der Waals surface area contributed by atoms with Gasteiger partial charge in [-0.1, -0.05) is 6.07 Å². The van der Waals surface area contributed by atoms with Crippen LogP contribution in [0.5, 0.6) is 11.5 Å². The summed E-state index contributed by atoms with van der Waals surface area (Å²) in [5.41, 5.74) is 0.502. The van der Waals surface area contributed by atoms with Crippen LogP contribution in [0.2, 0.25) is 0 Å². The van der Waals surface area contributed by atoms with Gasteiger partial charge in [0.25, 0.3) is 0 Å². The smallest absolute Gasteiger partial charge is 0.321 e. The van der Waals surface area contributed by atoms with E-state index < -0.39 is 12.0 Å². The normalized spacial score (nSPS) is 12.1. The average molecular weight is 266 g/mol. The summed E-state index contributed by atoms with van der Waals surface area (Å²) in [6, 6.07) is 4.77. The maximum absolute atomic E-state index is 11.9. The number of fused-ring (bicyclic) bond motifs is 1. The molecule has 0 unspecified atom stereocenters. The van der Waals surface area contributed by atoms with Gasteiger partial charge < -0.3 is 24.8 Å². The minimum Gasteiger partial charge on any atom is -0.481 e. The molecule has 0 atom stereocenters. The number of anilines is 1. The van der Waals surface area contributed by atoms with E-state index in [0.717, 1.165) is 0 Å². The zero-order valence-electron chi connectivity index (χ0n) is 10.4. The van der Waals surface area contributed by atoms with E-state index in [1.54, 1.807) is 18.2 Å². The number of aliphatic carboxylic acids is 1. The van der Waals surface area contributed by atoms with Crippen molar-refractivity contribution in [1.29, 1.82) is 0 Å². The standard InChI is InChI=1S/C12H14N2O5/c1-14(6-5-10(15)16)12(17)13-8-3-2-4-9-11(8)19-7-18-9/h2-4H,5-7H2,1H3,(H,13,17)(H,15,16). The van der Waals surface area contributed by atoms with Crippen molar-refractivity contribution < 1.29 is 24.2 Å². The lowest BCUT2D eigenvalue weighted by Crippen LogP contribution is -2.33. The van der Waals surface area contributed by atoms with Crippen molar-refractivity contribution in [3.63, 3.8) is 0 Å². The number of ether oxygens (including phenoxy) is 2. The number of carbonyl (C=O) groups is 2. The SMILES string of the molecule is CN(CCC(=O)O)C(=O)Nc1cccc2c1OCO2. The summed E-state index contributed by atoms with van der Waals surface area (Å²) in [4.78, 5) is 23.6. The molecule has 7 heteroatoms. The Morgan fingerprint density at radius 2 is 2.21 bits per heavy atom. The number of rotatable bonds is 4. The van der Waals surface area contributed by atoms with E-state index in [1.807, 2.05) is 0 Å². The van der Waals surface area contributed by atoms with Crippen LogP contribution in [0.4, 0.5) is 10.5 Å². The van der Waals surface area contributed by atoms with Gasteiger partial charge in [-0.25, -0.2) is 4.79 Å². The van der Waals surface area contributed by atoms with Gasteiger partial charge in [0.1, 0.15) is 0 Å². The molecular weight excluding hydrogens is 252 g/mol. The minimum atomic E-state index is -0.947. The van der Waals surface area contributed by atoms with Gasteiger partial charge >= 0.3 is 12.0 Å². The molecule has 0 saturated carbocycles. The molecule has 1 heterocycles. The molecule has 2 amide bonds. The maximum atomic E-state index is 11.9. The monoisotopic (exact) mass is 266 g/mol. The molecule has 2 N–H and O–H groups in total. The van der Waals surface area contributed by atoms with E-state index in [0.29, 0.717) is 17.2 Å². The predicted octanol–water partition coefficient (Wildman–Crippen LogP) is 1.35. The van der Waals surface area contributed by atoms with Crippen molar-refractivity contribution in [1.82, 2.24) is 4.90 Å². The molecule has 7 nitrogen and oxygen atoms in total. The van der Waals surface area contributed by atoms with Crippen LogP contribution in [0.15, 0.2) is 18.2 Å². The molecule has 0 saturated heterocycles. The highest BCUT2D eigenvalue weighted by molar-refractivity contribution is 5.91. The van der Waals surface area contributed by atoms with Gasteiger partial charge in [0, 0.05) is 13.6 Å². The van der Waals surface area contributed by atoms with Crippen LogP contribution in [-0.4, -0.2) is 42.4 Å². The summed E-state index contributed by atoms with van der Waals surface area (Å²) in [6.45, 7) is 0.255. The molecule has 1 aliphatic heterocycles. The second kappa shape index (κ2) is 5.47. The zero-order valence-corrected chi connectivity index (χ0v) is 10.4. The zero-order chi connectivity index (χ0) is 13.8. The van der Waals surface area contributed by atoms with Gasteiger partial charge in [-0.2, -0.15) is 0 Å². The first kappa shape index (κ1) is 13.0. The Bertz CT molecular complexity index is 503. The fraction of sp³-hybridized carbons (Fsp3) is 0.333. The Hall–Kier alpha value is -2.44. The number of nitrogens with one attached hydrogen (secondary N) is 1. The van der Waals surface area contributed by atoms with E-state index in [-0.39, 0.29) is 19.8 Å². The first-order valence-electron chi connectivity index (χ1n) is 5.70. The first-order chi connectivity index (χ1) is 9.08. The van der Waals surface area contributed by atoms with Crippen molar-refractivity contribution >= 4 is 17.7 Å². The second-order valence-corrected chi connectivity index (χ2v) is 4.03. The number of para-hydroxylation sites is 1. The molecule has 19 heavy (non-hydrogen) atoms. The van der Waals surface area contributed by atoms with Crippen LogP contribution in [0.25, 0.3) is 0 Å². The second-order valence-electron chi connectivity index (χ2n) is 4.03. The molecule has 1 aromatic rings. The largest absolute Gasteiger partial charge is 0.481 e. The van der Waals surface area contributed by atoms with Gasteiger partial charge in [0.05, 0.1) is 12.1 Å². The van der Waals surface area contributed by atoms with Crippen LogP contribution in [-0.2, 0) is 4.79 Å². The lowest BCUT2D eigenvalue weighted by atomic mass is 10.2. The number of hydrogen-bond acceptors (Lipinski definition) is 4. The molecular formula is C12H14N2O5. The van der Waals surface area contributed by atoms with Gasteiger partial charge in [-0.15, -0.1) is 0 Å². The Morgan fingerprint density at radius 1 is 1.42 bits per heavy atom. The van der Waals surface area contributed by atoms with E-state index in [9.17, 15) is 9.59 Å². The highest BCUT2D eigenvalue weighted by atomic mass is 16.7. The summed E-state index contributed by atoms with van der Waals surface area (Å²) in [7, 11) is 1.53. The average Bonchev–Trinajstić information content (AvgIpc) is 2.85. The molecule has 0 bridgehead atoms. The van der Waals surface area contributed by atoms with Crippen molar-refractivity contribution in [3.05, 3.63) is 18.2 Å². The number of urea groups is 1. The van der Waals surface area contributed by atoms with Crippen molar-refractivity contribution in [2.24, 2.45) is 0 Å². The number of hydrogen-bond donors (Lipinski definition) is 2. The lowest BCUT2D eigenvalue weighted by molar-refractivity contribution is -0.137. The molecule has 0 aromatic heterocycles. The molecule has 0 radical (unpaired) electrons. The highest BCUT2D eigenvalue weighted by Gasteiger charge is 2.19. The number of nitrogens with zero attached hydrogens (tertiary/aromatic N) is 1. The molecule has 0 fully saturated rings. The van der Waals surface area contributed by atoms with Crippen LogP contribution < -0.4 is 14.8 Å². The van der Waals surface area contributed by atoms with Gasteiger partial charge in [0.2, 0.25) is 6.79 Å². The quantitative estimate of drug-likeness (QED) is 0.858. The molecule has 0 aliphatic carbocycles. The third-order valence-corrected chi connectivity index (χ3v) is 2.65. The number of amides is 2. The number of carboxylic acid groups (broad SMARTS) is 1. The fourth-order valence-electron chi connectivity index (χ4n) is 1.60. The molecule has 1 aromatic carbocycles. The van der Waals surface area contributed by atoms with E-state index in [2.05, 4.69) is 5.32 Å². The maximum Gasteiger partial charge on any atom is 0.321 e. The van der Waals surface area contributed by atoms with Gasteiger partial charge in [0.15, 0.2) is 11.5 Å². The Morgan fingerprint density at radius 3 is 2.95 bits per heavy atom. The van der Waals surface area contributed by atoms with Crippen LogP contribution in [0.3, 0.4) is 0 Å². The number of benzene rings is 1. The first-order valence-corrected chi connectivity index (χ1v) is 5.70. The number of carboxylic acids is 1.